The van der Waals surface area contributed by atoms with Crippen LogP contribution in [0.4, 0.5) is 0 Å². The zero-order chi connectivity index (χ0) is 19.0. The predicted molar refractivity (Wildman–Crippen MR) is 105 cm³/mol. The first-order valence-electron chi connectivity index (χ1n) is 8.54. The number of hydrogen-bond donors (Lipinski definition) is 0. The molecule has 0 saturated carbocycles. The van der Waals surface area contributed by atoms with E-state index in [0.717, 1.165) is 24.2 Å². The van der Waals surface area contributed by atoms with Crippen LogP contribution in [0.25, 0.3) is 6.08 Å². The summed E-state index contributed by atoms with van der Waals surface area (Å²) in [7, 11) is 3.10. The molecule has 0 aliphatic rings. The standard InChI is InChI=1S/C22H30O3/c1-15(9-8-10-16(2)13-22(23)25-7)11-12-20-17(3)14-21(24-6)19(5)18(20)4/h9,11-14H,8,10H2,1-7H3. The minimum Gasteiger partial charge on any atom is -0.496 e. The van der Waals surface area contributed by atoms with Crippen molar-refractivity contribution in [2.45, 2.75) is 47.5 Å². The number of carbonyl (C=O) groups is 1. The number of ether oxygens (including phenoxy) is 2. The van der Waals surface area contributed by atoms with Crippen LogP contribution in [0.2, 0.25) is 0 Å². The van der Waals surface area contributed by atoms with Crippen molar-refractivity contribution in [3.63, 3.8) is 0 Å². The van der Waals surface area contributed by atoms with Crippen molar-refractivity contribution in [1.29, 1.82) is 0 Å². The molecule has 0 heterocycles. The molecular formula is C22H30O3. The largest absolute Gasteiger partial charge is 0.496 e. The molecule has 0 radical (unpaired) electrons. The predicted octanol–water partition coefficient (Wildman–Crippen LogP) is 5.48. The summed E-state index contributed by atoms with van der Waals surface area (Å²) in [6, 6.07) is 2.09. The van der Waals surface area contributed by atoms with Crippen molar-refractivity contribution in [1.82, 2.24) is 0 Å². The number of methoxy groups -OCH3 is 2. The molecule has 0 N–H and O–H groups in total. The van der Waals surface area contributed by atoms with Gasteiger partial charge < -0.3 is 9.47 Å². The van der Waals surface area contributed by atoms with E-state index in [9.17, 15) is 4.79 Å². The van der Waals surface area contributed by atoms with Crippen LogP contribution in [0.5, 0.6) is 5.75 Å². The Bertz CT molecular complexity index is 706. The van der Waals surface area contributed by atoms with Crippen LogP contribution in [-0.4, -0.2) is 20.2 Å². The molecule has 0 spiro atoms. The molecule has 3 nitrogen and oxygen atoms in total. The van der Waals surface area contributed by atoms with Crippen LogP contribution >= 0.6 is 0 Å². The molecule has 25 heavy (non-hydrogen) atoms. The normalized spacial score (nSPS) is 12.6. The Morgan fingerprint density at radius 3 is 2.40 bits per heavy atom. The fourth-order valence-corrected chi connectivity index (χ4v) is 2.68. The molecule has 0 aromatic heterocycles. The summed E-state index contributed by atoms with van der Waals surface area (Å²) in [5.74, 6) is 0.645. The lowest BCUT2D eigenvalue weighted by Gasteiger charge is -2.13. The highest BCUT2D eigenvalue weighted by molar-refractivity contribution is 5.82. The van der Waals surface area contributed by atoms with Crippen molar-refractivity contribution in [2.75, 3.05) is 14.2 Å². The van der Waals surface area contributed by atoms with Crippen molar-refractivity contribution in [3.05, 3.63) is 57.7 Å². The third kappa shape index (κ3) is 6.26. The third-order valence-electron chi connectivity index (χ3n) is 4.41. The average molecular weight is 342 g/mol. The SMILES string of the molecule is COC(=O)C=C(C)CCC=C(C)C=Cc1c(C)cc(OC)c(C)c1C. The molecule has 0 aliphatic heterocycles. The van der Waals surface area contributed by atoms with E-state index < -0.39 is 0 Å². The van der Waals surface area contributed by atoms with Gasteiger partial charge in [0.2, 0.25) is 0 Å². The average Bonchev–Trinajstić information content (AvgIpc) is 2.57. The summed E-state index contributed by atoms with van der Waals surface area (Å²) in [4.78, 5) is 11.2. The lowest BCUT2D eigenvalue weighted by atomic mass is 9.96. The lowest BCUT2D eigenvalue weighted by molar-refractivity contribution is -0.134. The Balaban J connectivity index is 2.80. The zero-order valence-electron chi connectivity index (χ0n) is 16.5. The van der Waals surface area contributed by atoms with Gasteiger partial charge in [0.1, 0.15) is 5.75 Å². The topological polar surface area (TPSA) is 35.5 Å². The molecule has 0 unspecified atom stereocenters. The van der Waals surface area contributed by atoms with E-state index in [2.05, 4.69) is 56.7 Å². The summed E-state index contributed by atoms with van der Waals surface area (Å²) in [5, 5.41) is 0. The van der Waals surface area contributed by atoms with E-state index in [4.69, 9.17) is 4.74 Å². The van der Waals surface area contributed by atoms with Gasteiger partial charge in [0.15, 0.2) is 0 Å². The number of esters is 1. The van der Waals surface area contributed by atoms with Crippen molar-refractivity contribution in [3.8, 4) is 5.75 Å². The molecule has 0 aliphatic carbocycles. The molecule has 0 fully saturated rings. The number of allylic oxidation sites excluding steroid dienone is 4. The maximum absolute atomic E-state index is 11.2. The molecule has 136 valence electrons. The highest BCUT2D eigenvalue weighted by Gasteiger charge is 2.08. The van der Waals surface area contributed by atoms with Crippen molar-refractivity contribution < 1.29 is 14.3 Å². The van der Waals surface area contributed by atoms with Crippen LogP contribution in [0.3, 0.4) is 0 Å². The van der Waals surface area contributed by atoms with Gasteiger partial charge in [0.05, 0.1) is 14.2 Å². The Morgan fingerprint density at radius 2 is 1.80 bits per heavy atom. The third-order valence-corrected chi connectivity index (χ3v) is 4.41. The summed E-state index contributed by atoms with van der Waals surface area (Å²) in [6.07, 6.45) is 9.79. The number of hydrogen-bond acceptors (Lipinski definition) is 3. The van der Waals surface area contributed by atoms with E-state index in [1.54, 1.807) is 13.2 Å². The Labute approximate surface area is 152 Å². The second-order valence-corrected chi connectivity index (χ2v) is 6.39. The molecular weight excluding hydrogens is 312 g/mol. The minimum absolute atomic E-state index is 0.293. The molecule has 0 atom stereocenters. The number of aryl methyl sites for hydroxylation is 1. The van der Waals surface area contributed by atoms with Gasteiger partial charge in [-0.3, -0.25) is 0 Å². The van der Waals surface area contributed by atoms with E-state index in [-0.39, 0.29) is 5.97 Å². The molecule has 1 rings (SSSR count). The van der Waals surface area contributed by atoms with Crippen LogP contribution < -0.4 is 4.74 Å². The smallest absolute Gasteiger partial charge is 0.330 e. The summed E-state index contributed by atoms with van der Waals surface area (Å²) in [5.41, 5.74) is 7.11. The highest BCUT2D eigenvalue weighted by atomic mass is 16.5. The van der Waals surface area contributed by atoms with E-state index >= 15 is 0 Å². The van der Waals surface area contributed by atoms with Gasteiger partial charge in [0, 0.05) is 6.08 Å². The first-order chi connectivity index (χ1) is 11.8. The number of benzene rings is 1. The fraction of sp³-hybridized carbons (Fsp3) is 0.409. The van der Waals surface area contributed by atoms with Gasteiger partial charge in [-0.25, -0.2) is 4.79 Å². The molecule has 0 saturated heterocycles. The van der Waals surface area contributed by atoms with Gasteiger partial charge in [0.25, 0.3) is 0 Å². The van der Waals surface area contributed by atoms with Crippen LogP contribution in [0.1, 0.15) is 48.9 Å². The van der Waals surface area contributed by atoms with Crippen molar-refractivity contribution >= 4 is 12.0 Å². The van der Waals surface area contributed by atoms with Crippen LogP contribution in [-0.2, 0) is 9.53 Å². The van der Waals surface area contributed by atoms with E-state index in [1.165, 1.54) is 34.9 Å². The van der Waals surface area contributed by atoms with Gasteiger partial charge in [-0.1, -0.05) is 29.4 Å². The highest BCUT2D eigenvalue weighted by Crippen LogP contribution is 2.28. The second-order valence-electron chi connectivity index (χ2n) is 6.39. The van der Waals surface area contributed by atoms with Gasteiger partial charge in [-0.2, -0.15) is 0 Å². The summed E-state index contributed by atoms with van der Waals surface area (Å²) >= 11 is 0. The summed E-state index contributed by atoms with van der Waals surface area (Å²) in [6.45, 7) is 10.4. The molecule has 1 aromatic carbocycles. The Morgan fingerprint density at radius 1 is 1.12 bits per heavy atom. The maximum atomic E-state index is 11.2. The zero-order valence-corrected chi connectivity index (χ0v) is 16.5. The van der Waals surface area contributed by atoms with Crippen LogP contribution in [0, 0.1) is 20.8 Å². The van der Waals surface area contributed by atoms with Crippen molar-refractivity contribution in [2.24, 2.45) is 0 Å². The van der Waals surface area contributed by atoms with Crippen LogP contribution in [0.15, 0.2) is 35.4 Å². The first-order valence-corrected chi connectivity index (χ1v) is 8.54. The van der Waals surface area contributed by atoms with Gasteiger partial charge in [-0.05, 0) is 75.8 Å². The second kappa shape index (κ2) is 9.87. The fourth-order valence-electron chi connectivity index (χ4n) is 2.68. The molecule has 1 aromatic rings. The number of rotatable bonds is 7. The molecule has 0 bridgehead atoms. The summed E-state index contributed by atoms with van der Waals surface area (Å²) < 4.78 is 10.1. The first kappa shape index (κ1) is 20.8. The molecule has 0 amide bonds. The quantitative estimate of drug-likeness (QED) is 0.374. The maximum Gasteiger partial charge on any atom is 0.330 e. The minimum atomic E-state index is -0.293. The van der Waals surface area contributed by atoms with Gasteiger partial charge >= 0.3 is 5.97 Å². The Kier molecular flexibility index (Phi) is 8.20. The van der Waals surface area contributed by atoms with E-state index in [1.807, 2.05) is 6.92 Å². The van der Waals surface area contributed by atoms with Gasteiger partial charge in [-0.15, -0.1) is 0 Å². The van der Waals surface area contributed by atoms with E-state index in [0.29, 0.717) is 0 Å². The lowest BCUT2D eigenvalue weighted by Crippen LogP contribution is -1.96. The monoisotopic (exact) mass is 342 g/mol. The number of carbonyl (C=O) groups excluding carboxylic acids is 1. The molecule has 3 heteroatoms. The Hall–Kier alpha value is -2.29.